The highest BCUT2D eigenvalue weighted by Gasteiger charge is 2.65. The summed E-state index contributed by atoms with van der Waals surface area (Å²) < 4.78 is -0.488. The molecule has 0 aromatic heterocycles. The van der Waals surface area contributed by atoms with E-state index in [-0.39, 0.29) is 11.8 Å². The first kappa shape index (κ1) is 15.1. The Kier molecular flexibility index (Phi) is 3.63. The molecule has 22 heavy (non-hydrogen) atoms. The van der Waals surface area contributed by atoms with Gasteiger partial charge < -0.3 is 5.32 Å². The maximum atomic E-state index is 12.5. The zero-order valence-corrected chi connectivity index (χ0v) is 14.3. The molecule has 2 nitrogen and oxygen atoms in total. The van der Waals surface area contributed by atoms with Crippen molar-refractivity contribution in [2.45, 2.75) is 30.0 Å². The maximum Gasteiger partial charge on any atom is 0.228 e. The van der Waals surface area contributed by atoms with Gasteiger partial charge in [0.05, 0.1) is 0 Å². The van der Waals surface area contributed by atoms with Gasteiger partial charge in [-0.05, 0) is 73.6 Å². The predicted octanol–water partition coefficient (Wildman–Crippen LogP) is 5.13. The smallest absolute Gasteiger partial charge is 0.228 e. The van der Waals surface area contributed by atoms with Crippen LogP contribution in [0.3, 0.4) is 0 Å². The van der Waals surface area contributed by atoms with Crippen LogP contribution >= 0.6 is 34.8 Å². The molecule has 0 aliphatic heterocycles. The summed E-state index contributed by atoms with van der Waals surface area (Å²) >= 11 is 18.5. The molecule has 1 aromatic rings. The van der Waals surface area contributed by atoms with Crippen LogP contribution in [0, 0.1) is 29.6 Å². The highest BCUT2D eigenvalue weighted by molar-refractivity contribution is 6.51. The van der Waals surface area contributed by atoms with E-state index in [9.17, 15) is 4.79 Å². The fourth-order valence-corrected chi connectivity index (χ4v) is 5.42. The summed E-state index contributed by atoms with van der Waals surface area (Å²) in [6.45, 7) is 0. The van der Waals surface area contributed by atoms with E-state index in [0.29, 0.717) is 28.7 Å². The van der Waals surface area contributed by atoms with Crippen LogP contribution < -0.4 is 5.32 Å². The van der Waals surface area contributed by atoms with Crippen LogP contribution in [0.1, 0.15) is 25.7 Å². The van der Waals surface area contributed by atoms with E-state index in [2.05, 4.69) is 5.32 Å². The third-order valence-electron chi connectivity index (χ3n) is 5.73. The number of carbonyl (C=O) groups is 1. The molecule has 4 atom stereocenters. The maximum absolute atomic E-state index is 12.5. The minimum atomic E-state index is -0.488. The molecule has 3 fully saturated rings. The fraction of sp³-hybridized carbons (Fsp3) is 0.588. The standard InChI is InChI=1S/C17H18Cl3NO/c18-9-1-3-10(4-2-9)21-16(22)15-11-5-7-13-14(17(13,19)20)8-6-12(11)15/h1-4,11-15H,5-8H2,(H,21,22). The van der Waals surface area contributed by atoms with Gasteiger partial charge in [0.25, 0.3) is 0 Å². The van der Waals surface area contributed by atoms with Crippen molar-refractivity contribution in [1.82, 2.24) is 0 Å². The van der Waals surface area contributed by atoms with Gasteiger partial charge in [-0.1, -0.05) is 11.6 Å². The van der Waals surface area contributed by atoms with E-state index in [4.69, 9.17) is 34.8 Å². The van der Waals surface area contributed by atoms with Crippen molar-refractivity contribution in [3.63, 3.8) is 0 Å². The first-order valence-corrected chi connectivity index (χ1v) is 9.06. The van der Waals surface area contributed by atoms with E-state index in [0.717, 1.165) is 31.4 Å². The SMILES string of the molecule is O=C(Nc1ccc(Cl)cc1)C1C2CCC3C(CCC21)C3(Cl)Cl. The van der Waals surface area contributed by atoms with E-state index in [1.165, 1.54) is 0 Å². The number of anilines is 1. The third kappa shape index (κ3) is 2.53. The minimum Gasteiger partial charge on any atom is -0.326 e. The zero-order valence-electron chi connectivity index (χ0n) is 12.1. The van der Waals surface area contributed by atoms with Crippen molar-refractivity contribution in [3.8, 4) is 0 Å². The molecule has 3 aliphatic rings. The minimum absolute atomic E-state index is 0.149. The Hall–Kier alpha value is -0.440. The first-order chi connectivity index (χ1) is 10.5. The van der Waals surface area contributed by atoms with Crippen molar-refractivity contribution < 1.29 is 4.79 Å². The van der Waals surface area contributed by atoms with Crippen LogP contribution in [-0.2, 0) is 4.79 Å². The number of amides is 1. The molecular weight excluding hydrogens is 341 g/mol. The molecule has 0 spiro atoms. The number of benzene rings is 1. The Morgan fingerprint density at radius 1 is 1.00 bits per heavy atom. The molecule has 118 valence electrons. The second kappa shape index (κ2) is 5.29. The summed E-state index contributed by atoms with van der Waals surface area (Å²) in [7, 11) is 0. The normalized spacial score (nSPS) is 38.0. The molecule has 4 rings (SSSR count). The molecule has 0 radical (unpaired) electrons. The lowest BCUT2D eigenvalue weighted by Gasteiger charge is -2.05. The van der Waals surface area contributed by atoms with Crippen molar-refractivity contribution in [2.75, 3.05) is 5.32 Å². The third-order valence-corrected chi connectivity index (χ3v) is 7.11. The van der Waals surface area contributed by atoms with Gasteiger partial charge in [0.1, 0.15) is 4.33 Å². The molecule has 3 saturated carbocycles. The van der Waals surface area contributed by atoms with Gasteiger partial charge >= 0.3 is 0 Å². The average molecular weight is 359 g/mol. The number of carbonyl (C=O) groups excluding carboxylic acids is 1. The zero-order chi connectivity index (χ0) is 15.5. The highest BCUT2D eigenvalue weighted by Crippen LogP contribution is 2.67. The monoisotopic (exact) mass is 357 g/mol. The molecule has 1 amide bonds. The molecule has 0 bridgehead atoms. The fourth-order valence-electron chi connectivity index (χ4n) is 4.37. The Labute approximate surface area is 145 Å². The van der Waals surface area contributed by atoms with E-state index >= 15 is 0 Å². The van der Waals surface area contributed by atoms with Crippen LogP contribution in [0.25, 0.3) is 0 Å². The molecule has 3 aliphatic carbocycles. The number of nitrogens with one attached hydrogen (secondary N) is 1. The Morgan fingerprint density at radius 3 is 2.09 bits per heavy atom. The van der Waals surface area contributed by atoms with Crippen LogP contribution in [-0.4, -0.2) is 10.2 Å². The van der Waals surface area contributed by atoms with Gasteiger partial charge in [0.2, 0.25) is 5.91 Å². The van der Waals surface area contributed by atoms with Crippen molar-refractivity contribution in [3.05, 3.63) is 29.3 Å². The first-order valence-electron chi connectivity index (χ1n) is 7.92. The molecule has 4 unspecified atom stereocenters. The summed E-state index contributed by atoms with van der Waals surface area (Å²) in [6.07, 6.45) is 4.27. The molecule has 1 aromatic carbocycles. The summed E-state index contributed by atoms with van der Waals surface area (Å²) in [6, 6.07) is 7.27. The number of hydrogen-bond acceptors (Lipinski definition) is 1. The van der Waals surface area contributed by atoms with Gasteiger partial charge in [-0.15, -0.1) is 23.2 Å². The second-order valence-electron chi connectivity index (χ2n) is 6.89. The number of halogens is 3. The number of fused-ring (bicyclic) bond motifs is 2. The van der Waals surface area contributed by atoms with Gasteiger partial charge in [0, 0.05) is 16.6 Å². The van der Waals surface area contributed by atoms with E-state index in [1.54, 1.807) is 12.1 Å². The van der Waals surface area contributed by atoms with Gasteiger partial charge in [-0.25, -0.2) is 0 Å². The quantitative estimate of drug-likeness (QED) is 0.729. The van der Waals surface area contributed by atoms with E-state index in [1.807, 2.05) is 12.1 Å². The van der Waals surface area contributed by atoms with Crippen LogP contribution in [0.4, 0.5) is 5.69 Å². The molecule has 1 N–H and O–H groups in total. The second-order valence-corrected chi connectivity index (χ2v) is 8.77. The van der Waals surface area contributed by atoms with Crippen molar-refractivity contribution in [2.24, 2.45) is 29.6 Å². The summed E-state index contributed by atoms with van der Waals surface area (Å²) in [5.74, 6) is 2.22. The Morgan fingerprint density at radius 2 is 1.55 bits per heavy atom. The number of hydrogen-bond donors (Lipinski definition) is 1. The summed E-state index contributed by atoms with van der Waals surface area (Å²) in [5, 5.41) is 3.69. The molecule has 0 saturated heterocycles. The topological polar surface area (TPSA) is 29.1 Å². The van der Waals surface area contributed by atoms with E-state index < -0.39 is 4.33 Å². The number of alkyl halides is 2. The van der Waals surface area contributed by atoms with Crippen molar-refractivity contribution >= 4 is 46.4 Å². The van der Waals surface area contributed by atoms with Crippen LogP contribution in [0.2, 0.25) is 5.02 Å². The lowest BCUT2D eigenvalue weighted by atomic mass is 10.0. The van der Waals surface area contributed by atoms with Gasteiger partial charge in [-0.3, -0.25) is 4.79 Å². The number of rotatable bonds is 2. The van der Waals surface area contributed by atoms with Crippen LogP contribution in [0.5, 0.6) is 0 Å². The average Bonchev–Trinajstić information content (AvgIpc) is 3.26. The van der Waals surface area contributed by atoms with Gasteiger partial charge in [0.15, 0.2) is 0 Å². The molecular formula is C17H18Cl3NO. The summed E-state index contributed by atoms with van der Waals surface area (Å²) in [5.41, 5.74) is 0.817. The lowest BCUT2D eigenvalue weighted by Crippen LogP contribution is -2.15. The Bertz CT molecular complexity index is 578. The summed E-state index contributed by atoms with van der Waals surface area (Å²) in [4.78, 5) is 12.5. The molecule has 5 heteroatoms. The Balaban J connectivity index is 1.37. The van der Waals surface area contributed by atoms with Crippen LogP contribution in [0.15, 0.2) is 24.3 Å². The lowest BCUT2D eigenvalue weighted by molar-refractivity contribution is -0.117. The predicted molar refractivity (Wildman–Crippen MR) is 90.4 cm³/mol. The largest absolute Gasteiger partial charge is 0.326 e. The highest BCUT2D eigenvalue weighted by atomic mass is 35.5. The van der Waals surface area contributed by atoms with Gasteiger partial charge in [-0.2, -0.15) is 0 Å². The molecule has 0 heterocycles. The van der Waals surface area contributed by atoms with Crippen molar-refractivity contribution in [1.29, 1.82) is 0 Å².